The van der Waals surface area contributed by atoms with Crippen molar-refractivity contribution in [2.45, 2.75) is 0 Å². The van der Waals surface area contributed by atoms with E-state index in [-0.39, 0.29) is 8.83 Å². The number of halogens is 1. The fourth-order valence-electron chi connectivity index (χ4n) is 1.94. The normalized spacial score (nSPS) is 11.6. The van der Waals surface area contributed by atoms with E-state index in [1.54, 1.807) is 0 Å². The highest BCUT2D eigenvalue weighted by Crippen LogP contribution is 2.13. The van der Waals surface area contributed by atoms with Crippen molar-refractivity contribution in [2.24, 2.45) is 0 Å². The standard InChI is InChI=1S/C20H17ClSi/c1-3-16-5-9-18(10-6-16)13-14-20(22-21)15-19-11-7-17(4-2)8-12-19/h3-15H,1-2H2. The molecular weight excluding hydrogens is 304 g/mol. The Labute approximate surface area is 139 Å². The lowest BCUT2D eigenvalue weighted by Gasteiger charge is -1.99. The first-order valence-electron chi connectivity index (χ1n) is 6.96. The van der Waals surface area contributed by atoms with Gasteiger partial charge in [-0.2, -0.15) is 11.1 Å². The van der Waals surface area contributed by atoms with Crippen molar-refractivity contribution in [3.8, 4) is 0 Å². The molecule has 0 spiro atoms. The largest absolute Gasteiger partial charge is 0.210 e. The molecular formula is C20H17ClSi. The summed E-state index contributed by atoms with van der Waals surface area (Å²) in [4.78, 5) is 0. The fourth-order valence-corrected chi connectivity index (χ4v) is 2.66. The number of allylic oxidation sites excluding steroid dienone is 2. The summed E-state index contributed by atoms with van der Waals surface area (Å²) in [5, 5.41) is 1.10. The molecule has 0 saturated heterocycles. The zero-order chi connectivity index (χ0) is 15.8. The molecule has 2 aromatic rings. The summed E-state index contributed by atoms with van der Waals surface area (Å²) in [7, 11) is 0.232. The van der Waals surface area contributed by atoms with E-state index >= 15 is 0 Å². The van der Waals surface area contributed by atoms with E-state index in [0.717, 1.165) is 27.5 Å². The van der Waals surface area contributed by atoms with Crippen LogP contribution in [0.3, 0.4) is 0 Å². The van der Waals surface area contributed by atoms with Gasteiger partial charge in [-0.05, 0) is 27.5 Å². The van der Waals surface area contributed by atoms with Crippen molar-refractivity contribution in [2.75, 3.05) is 0 Å². The van der Waals surface area contributed by atoms with Crippen LogP contribution in [0.5, 0.6) is 0 Å². The van der Waals surface area contributed by atoms with Crippen LogP contribution in [-0.2, 0) is 0 Å². The summed E-state index contributed by atoms with van der Waals surface area (Å²) in [5.41, 5.74) is 4.52. The van der Waals surface area contributed by atoms with Crippen LogP contribution < -0.4 is 0 Å². The molecule has 0 aliphatic heterocycles. The summed E-state index contributed by atoms with van der Waals surface area (Å²) in [6, 6.07) is 16.5. The van der Waals surface area contributed by atoms with E-state index in [1.807, 2.05) is 36.4 Å². The zero-order valence-corrected chi connectivity index (χ0v) is 14.1. The third-order valence-corrected chi connectivity index (χ3v) is 4.41. The van der Waals surface area contributed by atoms with Crippen LogP contribution in [0, 0.1) is 0 Å². The Morgan fingerprint density at radius 2 is 1.23 bits per heavy atom. The summed E-state index contributed by atoms with van der Waals surface area (Å²) in [5.74, 6) is 0. The van der Waals surface area contributed by atoms with E-state index in [2.05, 4.69) is 55.7 Å². The molecule has 2 heteroatoms. The van der Waals surface area contributed by atoms with Crippen LogP contribution in [0.2, 0.25) is 0 Å². The molecule has 0 nitrogen and oxygen atoms in total. The SMILES string of the molecule is C=Cc1ccc(C=CC(=Cc2ccc(C=C)cc2)[Si]Cl)cc1. The second-order valence-electron chi connectivity index (χ2n) is 4.77. The van der Waals surface area contributed by atoms with Gasteiger partial charge in [0, 0.05) is 0 Å². The van der Waals surface area contributed by atoms with Crippen molar-refractivity contribution in [1.82, 2.24) is 0 Å². The van der Waals surface area contributed by atoms with Crippen LogP contribution in [0.15, 0.2) is 73.0 Å². The Morgan fingerprint density at radius 3 is 1.68 bits per heavy atom. The van der Waals surface area contributed by atoms with Gasteiger partial charge in [-0.3, -0.25) is 0 Å². The first kappa shape index (κ1) is 16.3. The minimum absolute atomic E-state index is 0.232. The molecule has 0 fully saturated rings. The molecule has 0 aliphatic rings. The Hall–Kier alpha value is -2.09. The minimum atomic E-state index is 0.232. The number of benzene rings is 2. The molecule has 0 amide bonds. The van der Waals surface area contributed by atoms with Crippen LogP contribution in [0.1, 0.15) is 22.3 Å². The highest BCUT2D eigenvalue weighted by atomic mass is 35.6. The van der Waals surface area contributed by atoms with E-state index < -0.39 is 0 Å². The first-order valence-corrected chi connectivity index (χ1v) is 8.98. The quantitative estimate of drug-likeness (QED) is 0.354. The molecule has 2 rings (SSSR count). The van der Waals surface area contributed by atoms with Crippen LogP contribution >= 0.6 is 11.1 Å². The fraction of sp³-hybridized carbons (Fsp3) is 0. The summed E-state index contributed by atoms with van der Waals surface area (Å²) >= 11 is 6.07. The van der Waals surface area contributed by atoms with Crippen molar-refractivity contribution < 1.29 is 0 Å². The summed E-state index contributed by atoms with van der Waals surface area (Å²) in [6.45, 7) is 7.52. The smallest absolute Gasteiger partial charge is 0.165 e. The van der Waals surface area contributed by atoms with Gasteiger partial charge in [-0.1, -0.05) is 92.1 Å². The maximum atomic E-state index is 6.07. The van der Waals surface area contributed by atoms with Gasteiger partial charge in [0.2, 0.25) is 8.83 Å². The average Bonchev–Trinajstić information content (AvgIpc) is 2.59. The van der Waals surface area contributed by atoms with Gasteiger partial charge >= 0.3 is 0 Å². The third-order valence-electron chi connectivity index (χ3n) is 3.23. The van der Waals surface area contributed by atoms with Crippen LogP contribution in [0.25, 0.3) is 24.3 Å². The lowest BCUT2D eigenvalue weighted by atomic mass is 10.1. The Balaban J connectivity index is 2.15. The molecule has 2 aromatic carbocycles. The molecule has 0 bridgehead atoms. The third kappa shape index (κ3) is 4.73. The topological polar surface area (TPSA) is 0 Å². The lowest BCUT2D eigenvalue weighted by Crippen LogP contribution is -1.85. The van der Waals surface area contributed by atoms with Gasteiger partial charge in [0.1, 0.15) is 0 Å². The number of hydrogen-bond donors (Lipinski definition) is 0. The van der Waals surface area contributed by atoms with E-state index in [1.165, 1.54) is 0 Å². The maximum Gasteiger partial charge on any atom is 0.210 e. The minimum Gasteiger partial charge on any atom is -0.165 e. The van der Waals surface area contributed by atoms with Gasteiger partial charge in [-0.25, -0.2) is 0 Å². The number of hydrogen-bond acceptors (Lipinski definition) is 0. The second-order valence-corrected chi connectivity index (χ2v) is 6.10. The van der Waals surface area contributed by atoms with Gasteiger partial charge < -0.3 is 0 Å². The highest BCUT2D eigenvalue weighted by molar-refractivity contribution is 6.98. The van der Waals surface area contributed by atoms with Crippen molar-refractivity contribution >= 4 is 44.2 Å². The van der Waals surface area contributed by atoms with Crippen LogP contribution in [0.4, 0.5) is 0 Å². The molecule has 0 unspecified atom stereocenters. The van der Waals surface area contributed by atoms with Gasteiger partial charge in [0.15, 0.2) is 0 Å². The molecule has 2 radical (unpaired) electrons. The first-order chi connectivity index (χ1) is 10.7. The molecule has 0 aromatic heterocycles. The van der Waals surface area contributed by atoms with E-state index in [9.17, 15) is 0 Å². The van der Waals surface area contributed by atoms with Gasteiger partial charge in [-0.15, -0.1) is 0 Å². The molecule has 108 valence electrons. The van der Waals surface area contributed by atoms with Gasteiger partial charge in [0.05, 0.1) is 0 Å². The predicted octanol–water partition coefficient (Wildman–Crippen LogP) is 5.88. The molecule has 0 N–H and O–H groups in total. The Kier molecular flexibility index (Phi) is 6.20. The Morgan fingerprint density at radius 1 is 0.773 bits per heavy atom. The lowest BCUT2D eigenvalue weighted by molar-refractivity contribution is 1.61. The Bertz CT molecular complexity index is 691. The van der Waals surface area contributed by atoms with Crippen molar-refractivity contribution in [3.63, 3.8) is 0 Å². The number of rotatable bonds is 6. The van der Waals surface area contributed by atoms with Crippen molar-refractivity contribution in [3.05, 3.63) is 95.2 Å². The molecule has 0 atom stereocenters. The van der Waals surface area contributed by atoms with E-state index in [4.69, 9.17) is 11.1 Å². The summed E-state index contributed by atoms with van der Waals surface area (Å²) < 4.78 is 0. The highest BCUT2D eigenvalue weighted by Gasteiger charge is 1.95. The van der Waals surface area contributed by atoms with E-state index in [0.29, 0.717) is 0 Å². The zero-order valence-electron chi connectivity index (χ0n) is 12.3. The maximum absolute atomic E-state index is 6.07. The molecule has 22 heavy (non-hydrogen) atoms. The second kappa shape index (κ2) is 8.37. The average molecular weight is 321 g/mol. The predicted molar refractivity (Wildman–Crippen MR) is 102 cm³/mol. The molecule has 0 aliphatic carbocycles. The molecule has 0 heterocycles. The molecule has 0 saturated carbocycles. The van der Waals surface area contributed by atoms with Crippen LogP contribution in [-0.4, -0.2) is 8.83 Å². The van der Waals surface area contributed by atoms with Gasteiger partial charge in [0.25, 0.3) is 0 Å². The summed E-state index contributed by atoms with van der Waals surface area (Å²) in [6.07, 6.45) is 9.92. The monoisotopic (exact) mass is 320 g/mol. The van der Waals surface area contributed by atoms with Crippen molar-refractivity contribution in [1.29, 1.82) is 0 Å².